The highest BCUT2D eigenvalue weighted by molar-refractivity contribution is 5.84. The maximum absolute atomic E-state index is 12.8. The average Bonchev–Trinajstić information content (AvgIpc) is 3.07. The van der Waals surface area contributed by atoms with Crippen LogP contribution in [0.4, 0.5) is 5.69 Å². The van der Waals surface area contributed by atoms with E-state index in [1.54, 1.807) is 0 Å². The molecule has 3 heterocycles. The van der Waals surface area contributed by atoms with Crippen molar-refractivity contribution in [1.29, 1.82) is 0 Å². The van der Waals surface area contributed by atoms with Crippen molar-refractivity contribution in [3.63, 3.8) is 0 Å². The summed E-state index contributed by atoms with van der Waals surface area (Å²) in [5, 5.41) is 0. The molecule has 4 heteroatoms. The van der Waals surface area contributed by atoms with Gasteiger partial charge < -0.3 is 9.80 Å². The summed E-state index contributed by atoms with van der Waals surface area (Å²) in [6.45, 7) is 9.74. The van der Waals surface area contributed by atoms with Gasteiger partial charge in [0.15, 0.2) is 0 Å². The molecule has 0 saturated carbocycles. The van der Waals surface area contributed by atoms with Crippen LogP contribution in [-0.2, 0) is 4.79 Å². The van der Waals surface area contributed by atoms with Crippen molar-refractivity contribution in [3.8, 4) is 0 Å². The van der Waals surface area contributed by atoms with Gasteiger partial charge >= 0.3 is 0 Å². The van der Waals surface area contributed by atoms with Crippen molar-refractivity contribution in [2.24, 2.45) is 5.41 Å². The fourth-order valence-electron chi connectivity index (χ4n) is 5.41. The van der Waals surface area contributed by atoms with Crippen LogP contribution >= 0.6 is 0 Å². The third-order valence-electron chi connectivity index (χ3n) is 7.23. The summed E-state index contributed by atoms with van der Waals surface area (Å²) in [5.41, 5.74) is 4.13. The van der Waals surface area contributed by atoms with Crippen molar-refractivity contribution >= 4 is 11.6 Å². The first-order valence-electron chi connectivity index (χ1n) is 10.3. The largest absolute Gasteiger partial charge is 0.371 e. The molecule has 0 bridgehead atoms. The molecule has 1 amide bonds. The topological polar surface area (TPSA) is 26.8 Å². The van der Waals surface area contributed by atoms with E-state index in [1.807, 2.05) is 11.9 Å². The van der Waals surface area contributed by atoms with Crippen LogP contribution < -0.4 is 4.90 Å². The Hall–Kier alpha value is -1.55. The number of rotatable bonds is 2. The van der Waals surface area contributed by atoms with Crippen molar-refractivity contribution in [3.05, 3.63) is 29.3 Å². The highest BCUT2D eigenvalue weighted by atomic mass is 16.2. The highest BCUT2D eigenvalue weighted by Crippen LogP contribution is 2.41. The molecule has 1 spiro atoms. The Morgan fingerprint density at radius 3 is 2.58 bits per heavy atom. The lowest BCUT2D eigenvalue weighted by Crippen LogP contribution is -2.50. The second kappa shape index (κ2) is 6.88. The Labute approximate surface area is 158 Å². The van der Waals surface area contributed by atoms with Crippen molar-refractivity contribution in [1.82, 2.24) is 9.80 Å². The van der Waals surface area contributed by atoms with Crippen LogP contribution in [-0.4, -0.2) is 61.5 Å². The lowest BCUT2D eigenvalue weighted by molar-refractivity contribution is -0.144. The molecule has 26 heavy (non-hydrogen) atoms. The quantitative estimate of drug-likeness (QED) is 0.815. The molecule has 1 aromatic rings. The highest BCUT2D eigenvalue weighted by Gasteiger charge is 2.48. The summed E-state index contributed by atoms with van der Waals surface area (Å²) in [6, 6.07) is 7.30. The van der Waals surface area contributed by atoms with Gasteiger partial charge in [0, 0.05) is 45.0 Å². The number of aryl methyl sites for hydroxylation is 1. The fourth-order valence-corrected chi connectivity index (χ4v) is 5.41. The van der Waals surface area contributed by atoms with Gasteiger partial charge in [-0.3, -0.25) is 9.69 Å². The van der Waals surface area contributed by atoms with Gasteiger partial charge in [-0.2, -0.15) is 0 Å². The van der Waals surface area contributed by atoms with E-state index in [9.17, 15) is 4.79 Å². The minimum atomic E-state index is -0.0722. The van der Waals surface area contributed by atoms with Gasteiger partial charge in [0.25, 0.3) is 0 Å². The van der Waals surface area contributed by atoms with Gasteiger partial charge in [0.2, 0.25) is 5.91 Å². The average molecular weight is 356 g/mol. The fraction of sp³-hybridized carbons (Fsp3) is 0.682. The molecule has 4 nitrogen and oxygen atoms in total. The molecule has 142 valence electrons. The van der Waals surface area contributed by atoms with E-state index in [1.165, 1.54) is 36.1 Å². The monoisotopic (exact) mass is 355 g/mol. The zero-order valence-corrected chi connectivity index (χ0v) is 16.6. The van der Waals surface area contributed by atoms with E-state index in [2.05, 4.69) is 41.8 Å². The van der Waals surface area contributed by atoms with Crippen molar-refractivity contribution < 1.29 is 4.79 Å². The minimum Gasteiger partial charge on any atom is -0.371 e. The standard InChI is InChI=1S/C22H33N3O/c1-17-6-4-7-20(18(17)2)24-13-8-19(9-14-24)25-15-11-22(16-25)10-5-12-23(3)21(22)26/h4,6-7,19H,5,8-16H2,1-3H3/t22-/m0/s1. The van der Waals surface area contributed by atoms with Crippen molar-refractivity contribution in [2.75, 3.05) is 44.7 Å². The summed E-state index contributed by atoms with van der Waals surface area (Å²) in [7, 11) is 1.98. The van der Waals surface area contributed by atoms with Crippen LogP contribution in [0.3, 0.4) is 0 Å². The molecule has 3 aliphatic heterocycles. The first-order valence-corrected chi connectivity index (χ1v) is 10.3. The summed E-state index contributed by atoms with van der Waals surface area (Å²) in [5.74, 6) is 0.402. The second-order valence-corrected chi connectivity index (χ2v) is 8.77. The van der Waals surface area contributed by atoms with Gasteiger partial charge in [0.05, 0.1) is 5.41 Å². The number of hydrogen-bond acceptors (Lipinski definition) is 3. The Balaban J connectivity index is 1.38. The number of hydrogen-bond donors (Lipinski definition) is 0. The molecule has 3 aliphatic rings. The Bertz CT molecular complexity index is 680. The van der Waals surface area contributed by atoms with E-state index in [0.29, 0.717) is 11.9 Å². The Kier molecular flexibility index (Phi) is 4.72. The van der Waals surface area contributed by atoms with Gasteiger partial charge in [-0.25, -0.2) is 0 Å². The Morgan fingerprint density at radius 1 is 1.04 bits per heavy atom. The molecular weight excluding hydrogens is 322 g/mol. The molecule has 1 atom stereocenters. The molecule has 0 N–H and O–H groups in total. The normalized spacial score (nSPS) is 28.3. The first-order chi connectivity index (χ1) is 12.5. The SMILES string of the molecule is Cc1cccc(N2CCC(N3CC[C@@]4(CCCN(C)C4=O)C3)CC2)c1C. The zero-order chi connectivity index (χ0) is 18.3. The molecule has 0 unspecified atom stereocenters. The molecule has 4 rings (SSSR count). The van der Waals surface area contributed by atoms with E-state index in [0.717, 1.165) is 45.6 Å². The molecule has 1 aromatic carbocycles. The summed E-state index contributed by atoms with van der Waals surface area (Å²) in [4.78, 5) is 19.9. The van der Waals surface area contributed by atoms with Crippen LogP contribution in [0.15, 0.2) is 18.2 Å². The van der Waals surface area contributed by atoms with Gasteiger partial charge in [0.1, 0.15) is 0 Å². The van der Waals surface area contributed by atoms with Crippen LogP contribution in [0.2, 0.25) is 0 Å². The van der Waals surface area contributed by atoms with Crippen LogP contribution in [0.1, 0.15) is 43.2 Å². The van der Waals surface area contributed by atoms with Crippen LogP contribution in [0.25, 0.3) is 0 Å². The summed E-state index contributed by atoms with van der Waals surface area (Å²) >= 11 is 0. The lowest BCUT2D eigenvalue weighted by atomic mass is 9.78. The van der Waals surface area contributed by atoms with Crippen LogP contribution in [0.5, 0.6) is 0 Å². The number of amides is 1. The number of carbonyl (C=O) groups is 1. The van der Waals surface area contributed by atoms with Gasteiger partial charge in [-0.15, -0.1) is 0 Å². The minimum absolute atomic E-state index is 0.0722. The predicted molar refractivity (Wildman–Crippen MR) is 107 cm³/mol. The number of nitrogens with zero attached hydrogens (tertiary/aromatic N) is 3. The second-order valence-electron chi connectivity index (χ2n) is 8.77. The summed E-state index contributed by atoms with van der Waals surface area (Å²) < 4.78 is 0. The number of anilines is 1. The zero-order valence-electron chi connectivity index (χ0n) is 16.6. The van der Waals surface area contributed by atoms with Gasteiger partial charge in [-0.1, -0.05) is 12.1 Å². The van der Waals surface area contributed by atoms with E-state index in [4.69, 9.17) is 0 Å². The molecule has 0 aliphatic carbocycles. The smallest absolute Gasteiger partial charge is 0.229 e. The van der Waals surface area contributed by atoms with Crippen molar-refractivity contribution in [2.45, 2.75) is 52.0 Å². The van der Waals surface area contributed by atoms with Crippen LogP contribution in [0, 0.1) is 19.3 Å². The number of carbonyl (C=O) groups excluding carboxylic acids is 1. The van der Waals surface area contributed by atoms with Gasteiger partial charge in [-0.05, 0) is 69.7 Å². The number of benzene rings is 1. The third kappa shape index (κ3) is 3.02. The first kappa shape index (κ1) is 17.8. The number of likely N-dealkylation sites (tertiary alicyclic amines) is 2. The summed E-state index contributed by atoms with van der Waals surface area (Å²) in [6.07, 6.45) is 5.75. The molecule has 0 aromatic heterocycles. The molecule has 3 saturated heterocycles. The van der Waals surface area contributed by atoms with E-state index >= 15 is 0 Å². The maximum Gasteiger partial charge on any atom is 0.229 e. The van der Waals surface area contributed by atoms with E-state index < -0.39 is 0 Å². The predicted octanol–water partition coefficient (Wildman–Crippen LogP) is 3.22. The lowest BCUT2D eigenvalue weighted by Gasteiger charge is -2.41. The Morgan fingerprint density at radius 2 is 1.81 bits per heavy atom. The molecule has 3 fully saturated rings. The molecule has 0 radical (unpaired) electrons. The number of piperidine rings is 2. The maximum atomic E-state index is 12.8. The third-order valence-corrected chi connectivity index (χ3v) is 7.23. The molecular formula is C22H33N3O. The van der Waals surface area contributed by atoms with E-state index in [-0.39, 0.29) is 5.41 Å².